The van der Waals surface area contributed by atoms with Crippen LogP contribution in [0.5, 0.6) is 11.6 Å². The highest BCUT2D eigenvalue weighted by Crippen LogP contribution is 2.17. The summed E-state index contributed by atoms with van der Waals surface area (Å²) in [6.45, 7) is 3.33. The standard InChI is InChI=1S/C15H18N2O2/c1-11-3-5-14(18)13(7-11)10-16-8-12-4-6-15(19-2)17-9-12/h3-7,9,16,18H,8,10H2,1-2H3. The maximum atomic E-state index is 9.73. The van der Waals surface area contributed by atoms with Crippen LogP contribution in [0.2, 0.25) is 0 Å². The maximum Gasteiger partial charge on any atom is 0.212 e. The number of pyridine rings is 1. The van der Waals surface area contributed by atoms with Gasteiger partial charge in [-0.05, 0) is 18.6 Å². The lowest BCUT2D eigenvalue weighted by Crippen LogP contribution is -2.13. The normalized spacial score (nSPS) is 10.4. The largest absolute Gasteiger partial charge is 0.508 e. The molecule has 0 aliphatic heterocycles. The van der Waals surface area contributed by atoms with Crippen molar-refractivity contribution < 1.29 is 9.84 Å². The van der Waals surface area contributed by atoms with Crippen LogP contribution in [0.15, 0.2) is 36.5 Å². The summed E-state index contributed by atoms with van der Waals surface area (Å²) in [4.78, 5) is 4.14. The molecule has 2 N–H and O–H groups in total. The minimum absolute atomic E-state index is 0.325. The predicted octanol–water partition coefficient (Wildman–Crippen LogP) is 2.39. The second kappa shape index (κ2) is 6.20. The summed E-state index contributed by atoms with van der Waals surface area (Å²) in [7, 11) is 1.60. The van der Waals surface area contributed by atoms with E-state index in [1.807, 2.05) is 31.2 Å². The van der Waals surface area contributed by atoms with Crippen molar-refractivity contribution in [2.24, 2.45) is 0 Å². The Morgan fingerprint density at radius 1 is 1.21 bits per heavy atom. The molecule has 0 aliphatic rings. The Kier molecular flexibility index (Phi) is 4.36. The Bertz CT molecular complexity index is 538. The predicted molar refractivity (Wildman–Crippen MR) is 74.2 cm³/mol. The molecule has 19 heavy (non-hydrogen) atoms. The summed E-state index contributed by atoms with van der Waals surface area (Å²) in [6, 6.07) is 9.40. The summed E-state index contributed by atoms with van der Waals surface area (Å²) in [5, 5.41) is 13.0. The minimum Gasteiger partial charge on any atom is -0.508 e. The van der Waals surface area contributed by atoms with Crippen molar-refractivity contribution in [3.05, 3.63) is 53.2 Å². The van der Waals surface area contributed by atoms with E-state index in [1.165, 1.54) is 0 Å². The number of benzene rings is 1. The molecule has 1 aromatic carbocycles. The van der Waals surface area contributed by atoms with Crippen molar-refractivity contribution >= 4 is 0 Å². The van der Waals surface area contributed by atoms with Gasteiger partial charge in [0, 0.05) is 30.9 Å². The quantitative estimate of drug-likeness (QED) is 0.864. The summed E-state index contributed by atoms with van der Waals surface area (Å²) in [6.07, 6.45) is 1.78. The summed E-state index contributed by atoms with van der Waals surface area (Å²) in [5.41, 5.74) is 3.12. The van der Waals surface area contributed by atoms with Gasteiger partial charge in [0.15, 0.2) is 0 Å². The van der Waals surface area contributed by atoms with E-state index in [9.17, 15) is 5.11 Å². The average molecular weight is 258 g/mol. The van der Waals surface area contributed by atoms with Crippen LogP contribution >= 0.6 is 0 Å². The molecule has 1 heterocycles. The molecule has 0 aliphatic carbocycles. The zero-order valence-electron chi connectivity index (χ0n) is 11.2. The first-order valence-electron chi connectivity index (χ1n) is 6.17. The number of phenols is 1. The number of nitrogens with one attached hydrogen (secondary N) is 1. The molecule has 2 aromatic rings. The topological polar surface area (TPSA) is 54.4 Å². The zero-order chi connectivity index (χ0) is 13.7. The van der Waals surface area contributed by atoms with Crippen LogP contribution in [0.3, 0.4) is 0 Å². The summed E-state index contributed by atoms with van der Waals surface area (Å²) < 4.78 is 5.01. The average Bonchev–Trinajstić information content (AvgIpc) is 2.43. The molecule has 100 valence electrons. The fourth-order valence-corrected chi connectivity index (χ4v) is 1.83. The summed E-state index contributed by atoms with van der Waals surface area (Å²) >= 11 is 0. The van der Waals surface area contributed by atoms with E-state index in [-0.39, 0.29) is 0 Å². The van der Waals surface area contributed by atoms with Crippen LogP contribution in [-0.2, 0) is 13.1 Å². The minimum atomic E-state index is 0.325. The monoisotopic (exact) mass is 258 g/mol. The molecule has 4 nitrogen and oxygen atoms in total. The Balaban J connectivity index is 1.90. The number of aryl methyl sites for hydroxylation is 1. The number of hydrogen-bond donors (Lipinski definition) is 2. The highest BCUT2D eigenvalue weighted by molar-refractivity contribution is 5.35. The van der Waals surface area contributed by atoms with Crippen molar-refractivity contribution in [2.75, 3.05) is 7.11 Å². The fraction of sp³-hybridized carbons (Fsp3) is 0.267. The zero-order valence-corrected chi connectivity index (χ0v) is 11.2. The van der Waals surface area contributed by atoms with Gasteiger partial charge in [0.25, 0.3) is 0 Å². The molecule has 0 saturated heterocycles. The lowest BCUT2D eigenvalue weighted by Gasteiger charge is -2.08. The lowest BCUT2D eigenvalue weighted by atomic mass is 10.1. The second-order valence-electron chi connectivity index (χ2n) is 4.44. The van der Waals surface area contributed by atoms with Crippen molar-refractivity contribution in [2.45, 2.75) is 20.0 Å². The third-order valence-corrected chi connectivity index (χ3v) is 2.89. The maximum absolute atomic E-state index is 9.73. The highest BCUT2D eigenvalue weighted by atomic mass is 16.5. The van der Waals surface area contributed by atoms with Crippen molar-refractivity contribution in [3.8, 4) is 11.6 Å². The Morgan fingerprint density at radius 3 is 2.74 bits per heavy atom. The number of ether oxygens (including phenoxy) is 1. The first kappa shape index (κ1) is 13.4. The molecular weight excluding hydrogens is 240 g/mol. The van der Waals surface area contributed by atoms with Crippen LogP contribution in [-0.4, -0.2) is 17.2 Å². The van der Waals surface area contributed by atoms with Crippen molar-refractivity contribution in [3.63, 3.8) is 0 Å². The molecule has 0 atom stereocenters. The lowest BCUT2D eigenvalue weighted by molar-refractivity contribution is 0.397. The smallest absolute Gasteiger partial charge is 0.212 e. The van der Waals surface area contributed by atoms with Gasteiger partial charge >= 0.3 is 0 Å². The molecule has 0 radical (unpaired) electrons. The first-order valence-corrected chi connectivity index (χ1v) is 6.17. The van der Waals surface area contributed by atoms with Gasteiger partial charge in [-0.3, -0.25) is 0 Å². The van der Waals surface area contributed by atoms with E-state index in [2.05, 4.69) is 10.3 Å². The number of rotatable bonds is 5. The molecule has 0 bridgehead atoms. The van der Waals surface area contributed by atoms with Gasteiger partial charge < -0.3 is 15.2 Å². The molecule has 4 heteroatoms. The molecular formula is C15H18N2O2. The highest BCUT2D eigenvalue weighted by Gasteiger charge is 2.01. The molecule has 0 saturated carbocycles. The molecule has 0 unspecified atom stereocenters. The number of nitrogens with zero attached hydrogens (tertiary/aromatic N) is 1. The van der Waals surface area contributed by atoms with E-state index in [4.69, 9.17) is 4.74 Å². The van der Waals surface area contributed by atoms with Crippen LogP contribution < -0.4 is 10.1 Å². The molecule has 2 rings (SSSR count). The molecule has 0 fully saturated rings. The van der Waals surface area contributed by atoms with Crippen LogP contribution in [0.4, 0.5) is 0 Å². The van der Waals surface area contributed by atoms with E-state index >= 15 is 0 Å². The number of aromatic hydroxyl groups is 1. The van der Waals surface area contributed by atoms with E-state index in [1.54, 1.807) is 19.4 Å². The van der Waals surface area contributed by atoms with E-state index in [0.717, 1.165) is 16.7 Å². The van der Waals surface area contributed by atoms with E-state index in [0.29, 0.717) is 24.7 Å². The van der Waals surface area contributed by atoms with Gasteiger partial charge in [0.1, 0.15) is 5.75 Å². The number of aromatic nitrogens is 1. The van der Waals surface area contributed by atoms with Gasteiger partial charge in [-0.2, -0.15) is 0 Å². The van der Waals surface area contributed by atoms with Crippen LogP contribution in [0, 0.1) is 6.92 Å². The fourth-order valence-electron chi connectivity index (χ4n) is 1.83. The van der Waals surface area contributed by atoms with Gasteiger partial charge in [0.05, 0.1) is 7.11 Å². The van der Waals surface area contributed by atoms with E-state index < -0.39 is 0 Å². The third kappa shape index (κ3) is 3.69. The van der Waals surface area contributed by atoms with Gasteiger partial charge in [-0.25, -0.2) is 4.98 Å². The van der Waals surface area contributed by atoms with Gasteiger partial charge in [-0.1, -0.05) is 23.8 Å². The number of methoxy groups -OCH3 is 1. The molecule has 1 aromatic heterocycles. The van der Waals surface area contributed by atoms with Crippen LogP contribution in [0.1, 0.15) is 16.7 Å². The number of hydrogen-bond acceptors (Lipinski definition) is 4. The van der Waals surface area contributed by atoms with Gasteiger partial charge in [0.2, 0.25) is 5.88 Å². The van der Waals surface area contributed by atoms with Crippen molar-refractivity contribution in [1.29, 1.82) is 0 Å². The second-order valence-corrected chi connectivity index (χ2v) is 4.44. The Hall–Kier alpha value is -2.07. The third-order valence-electron chi connectivity index (χ3n) is 2.89. The van der Waals surface area contributed by atoms with Gasteiger partial charge in [-0.15, -0.1) is 0 Å². The summed E-state index contributed by atoms with van der Waals surface area (Å²) in [5.74, 6) is 0.936. The first-order chi connectivity index (χ1) is 9.19. The Morgan fingerprint density at radius 2 is 2.05 bits per heavy atom. The molecule has 0 spiro atoms. The Labute approximate surface area is 113 Å². The molecule has 0 amide bonds. The van der Waals surface area contributed by atoms with Crippen LogP contribution in [0.25, 0.3) is 0 Å². The van der Waals surface area contributed by atoms with Crippen molar-refractivity contribution in [1.82, 2.24) is 10.3 Å². The SMILES string of the molecule is COc1ccc(CNCc2cc(C)ccc2O)cn1. The number of phenolic OH excluding ortho intramolecular Hbond substituents is 1.